The minimum atomic E-state index is 0.136. The molecular formula is C8H17N3O2. The molecule has 1 aliphatic rings. The first kappa shape index (κ1) is 10.4. The summed E-state index contributed by atoms with van der Waals surface area (Å²) in [6, 6.07) is 0. The van der Waals surface area contributed by atoms with Gasteiger partial charge in [-0.1, -0.05) is 0 Å². The zero-order chi connectivity index (χ0) is 9.68. The van der Waals surface area contributed by atoms with Crippen molar-refractivity contribution < 1.29 is 9.53 Å². The molecule has 1 fully saturated rings. The van der Waals surface area contributed by atoms with Crippen molar-refractivity contribution in [3.63, 3.8) is 0 Å². The summed E-state index contributed by atoms with van der Waals surface area (Å²) in [6.07, 6.45) is 0. The summed E-state index contributed by atoms with van der Waals surface area (Å²) >= 11 is 0. The standard InChI is InChI=1S/C8H17N3O2/c1-10(2)9-7-8(12)11-3-5-13-6-4-11/h9H,3-7H2,1-2H3. The predicted octanol–water partition coefficient (Wildman–Crippen LogP) is -1.09. The van der Waals surface area contributed by atoms with Crippen LogP contribution in [0.1, 0.15) is 0 Å². The third kappa shape index (κ3) is 3.71. The second-order valence-corrected chi connectivity index (χ2v) is 3.22. The zero-order valence-electron chi connectivity index (χ0n) is 8.25. The van der Waals surface area contributed by atoms with E-state index in [0.29, 0.717) is 32.8 Å². The monoisotopic (exact) mass is 187 g/mol. The smallest absolute Gasteiger partial charge is 0.238 e. The highest BCUT2D eigenvalue weighted by Gasteiger charge is 2.15. The van der Waals surface area contributed by atoms with Crippen LogP contribution in [0.4, 0.5) is 0 Å². The largest absolute Gasteiger partial charge is 0.378 e. The van der Waals surface area contributed by atoms with Crippen LogP contribution in [0.5, 0.6) is 0 Å². The Labute approximate surface area is 78.6 Å². The number of carbonyl (C=O) groups excluding carboxylic acids is 1. The third-order valence-corrected chi connectivity index (χ3v) is 1.91. The van der Waals surface area contributed by atoms with Crippen LogP contribution >= 0.6 is 0 Å². The van der Waals surface area contributed by atoms with E-state index in [0.717, 1.165) is 0 Å². The Morgan fingerprint density at radius 3 is 2.62 bits per heavy atom. The molecule has 1 saturated heterocycles. The van der Waals surface area contributed by atoms with E-state index in [1.165, 1.54) is 0 Å². The molecule has 0 aromatic rings. The number of hydrogen-bond donors (Lipinski definition) is 1. The van der Waals surface area contributed by atoms with Gasteiger partial charge in [-0.3, -0.25) is 9.80 Å². The van der Waals surface area contributed by atoms with Gasteiger partial charge in [0.1, 0.15) is 0 Å². The molecule has 0 aromatic carbocycles. The lowest BCUT2D eigenvalue weighted by Crippen LogP contribution is -2.46. The maximum atomic E-state index is 11.5. The molecule has 1 amide bonds. The molecular weight excluding hydrogens is 170 g/mol. The van der Waals surface area contributed by atoms with Crippen LogP contribution in [-0.2, 0) is 9.53 Å². The van der Waals surface area contributed by atoms with Crippen LogP contribution in [0.25, 0.3) is 0 Å². The fourth-order valence-electron chi connectivity index (χ4n) is 1.15. The highest BCUT2D eigenvalue weighted by atomic mass is 16.5. The summed E-state index contributed by atoms with van der Waals surface area (Å²) in [5.74, 6) is 0.136. The number of ether oxygens (including phenoxy) is 1. The molecule has 0 saturated carbocycles. The molecule has 0 atom stereocenters. The summed E-state index contributed by atoms with van der Waals surface area (Å²) < 4.78 is 5.15. The lowest BCUT2D eigenvalue weighted by molar-refractivity contribution is -0.135. The number of nitrogens with one attached hydrogen (secondary N) is 1. The number of nitrogens with zero attached hydrogens (tertiary/aromatic N) is 2. The quantitative estimate of drug-likeness (QED) is 0.570. The molecule has 1 rings (SSSR count). The van der Waals surface area contributed by atoms with Gasteiger partial charge < -0.3 is 9.64 Å². The number of carbonyl (C=O) groups is 1. The molecule has 1 N–H and O–H groups in total. The maximum absolute atomic E-state index is 11.5. The molecule has 0 spiro atoms. The van der Waals surface area contributed by atoms with E-state index in [1.807, 2.05) is 19.0 Å². The van der Waals surface area contributed by atoms with Gasteiger partial charge in [-0.2, -0.15) is 0 Å². The van der Waals surface area contributed by atoms with Gasteiger partial charge >= 0.3 is 0 Å². The van der Waals surface area contributed by atoms with E-state index >= 15 is 0 Å². The van der Waals surface area contributed by atoms with E-state index in [1.54, 1.807) is 5.01 Å². The molecule has 0 aliphatic carbocycles. The van der Waals surface area contributed by atoms with Gasteiger partial charge in [0, 0.05) is 27.2 Å². The minimum absolute atomic E-state index is 0.136. The van der Waals surface area contributed by atoms with Gasteiger partial charge in [0.05, 0.1) is 19.8 Å². The fourth-order valence-corrected chi connectivity index (χ4v) is 1.15. The Kier molecular flexibility index (Phi) is 4.14. The normalized spacial score (nSPS) is 17.9. The maximum Gasteiger partial charge on any atom is 0.238 e. The van der Waals surface area contributed by atoms with E-state index < -0.39 is 0 Å². The summed E-state index contributed by atoms with van der Waals surface area (Å²) in [7, 11) is 3.74. The minimum Gasteiger partial charge on any atom is -0.378 e. The van der Waals surface area contributed by atoms with Crippen LogP contribution < -0.4 is 5.43 Å². The number of morpholine rings is 1. The molecule has 5 nitrogen and oxygen atoms in total. The summed E-state index contributed by atoms with van der Waals surface area (Å²) in [4.78, 5) is 13.3. The third-order valence-electron chi connectivity index (χ3n) is 1.91. The summed E-state index contributed by atoms with van der Waals surface area (Å²) in [5, 5.41) is 1.78. The first-order chi connectivity index (χ1) is 6.20. The lowest BCUT2D eigenvalue weighted by Gasteiger charge is -2.27. The Balaban J connectivity index is 2.21. The first-order valence-electron chi connectivity index (χ1n) is 4.46. The van der Waals surface area contributed by atoms with E-state index in [2.05, 4.69) is 5.43 Å². The zero-order valence-corrected chi connectivity index (χ0v) is 8.25. The van der Waals surface area contributed by atoms with E-state index in [9.17, 15) is 4.79 Å². The topological polar surface area (TPSA) is 44.8 Å². The molecule has 0 unspecified atom stereocenters. The van der Waals surface area contributed by atoms with Crippen molar-refractivity contribution in [2.24, 2.45) is 0 Å². The highest BCUT2D eigenvalue weighted by Crippen LogP contribution is 1.96. The second kappa shape index (κ2) is 5.16. The van der Waals surface area contributed by atoms with Crippen molar-refractivity contribution in [1.82, 2.24) is 15.3 Å². The molecule has 76 valence electrons. The molecule has 5 heteroatoms. The van der Waals surface area contributed by atoms with Gasteiger partial charge in [0.25, 0.3) is 0 Å². The Bertz CT molecular complexity index is 167. The Morgan fingerprint density at radius 2 is 2.08 bits per heavy atom. The summed E-state index contributed by atoms with van der Waals surface area (Å²) in [5.41, 5.74) is 2.94. The number of amides is 1. The van der Waals surface area contributed by atoms with Crippen LogP contribution in [-0.4, -0.2) is 62.8 Å². The van der Waals surface area contributed by atoms with Gasteiger partial charge in [0.15, 0.2) is 0 Å². The fraction of sp³-hybridized carbons (Fsp3) is 0.875. The number of hydrazine groups is 1. The molecule has 0 aromatic heterocycles. The van der Waals surface area contributed by atoms with Gasteiger partial charge in [-0.05, 0) is 0 Å². The molecule has 13 heavy (non-hydrogen) atoms. The van der Waals surface area contributed by atoms with Gasteiger partial charge in [-0.25, -0.2) is 5.43 Å². The van der Waals surface area contributed by atoms with Crippen LogP contribution in [0.2, 0.25) is 0 Å². The predicted molar refractivity (Wildman–Crippen MR) is 49.1 cm³/mol. The van der Waals surface area contributed by atoms with Crippen LogP contribution in [0.3, 0.4) is 0 Å². The Hall–Kier alpha value is -0.650. The first-order valence-corrected chi connectivity index (χ1v) is 4.46. The van der Waals surface area contributed by atoms with Gasteiger partial charge in [0.2, 0.25) is 5.91 Å². The second-order valence-electron chi connectivity index (χ2n) is 3.22. The van der Waals surface area contributed by atoms with E-state index in [-0.39, 0.29) is 5.91 Å². The van der Waals surface area contributed by atoms with Gasteiger partial charge in [-0.15, -0.1) is 0 Å². The molecule has 1 heterocycles. The number of hydrogen-bond acceptors (Lipinski definition) is 4. The highest BCUT2D eigenvalue weighted by molar-refractivity contribution is 5.78. The van der Waals surface area contributed by atoms with Crippen LogP contribution in [0.15, 0.2) is 0 Å². The van der Waals surface area contributed by atoms with E-state index in [4.69, 9.17) is 4.74 Å². The van der Waals surface area contributed by atoms with Crippen molar-refractivity contribution in [2.75, 3.05) is 46.9 Å². The van der Waals surface area contributed by atoms with Crippen molar-refractivity contribution in [1.29, 1.82) is 0 Å². The average molecular weight is 187 g/mol. The Morgan fingerprint density at radius 1 is 1.46 bits per heavy atom. The van der Waals surface area contributed by atoms with Crippen LogP contribution in [0, 0.1) is 0 Å². The molecule has 1 aliphatic heterocycles. The SMILES string of the molecule is CN(C)NCC(=O)N1CCOCC1. The van der Waals surface area contributed by atoms with Crippen molar-refractivity contribution >= 4 is 5.91 Å². The molecule has 0 radical (unpaired) electrons. The molecule has 0 bridgehead atoms. The average Bonchev–Trinajstić information content (AvgIpc) is 2.15. The summed E-state index contributed by atoms with van der Waals surface area (Å²) in [6.45, 7) is 3.12. The lowest BCUT2D eigenvalue weighted by atomic mass is 10.4. The van der Waals surface area contributed by atoms with Crippen molar-refractivity contribution in [3.05, 3.63) is 0 Å². The van der Waals surface area contributed by atoms with Crippen molar-refractivity contribution in [3.8, 4) is 0 Å². The number of rotatable bonds is 3. The van der Waals surface area contributed by atoms with Crippen molar-refractivity contribution in [2.45, 2.75) is 0 Å².